The molecule has 0 aliphatic carbocycles. The number of aliphatic hydroxyl groups is 2. The van der Waals surface area contributed by atoms with Gasteiger partial charge in [0.1, 0.15) is 11.7 Å². The molecule has 0 fully saturated rings. The number of carbonyl (C=O) groups excluding carboxylic acids is 2. The maximum absolute atomic E-state index is 12.1. The van der Waals surface area contributed by atoms with E-state index in [1.165, 1.54) is 6.08 Å². The molecule has 0 saturated carbocycles. The van der Waals surface area contributed by atoms with Crippen molar-refractivity contribution in [3.05, 3.63) is 53.4 Å². The van der Waals surface area contributed by atoms with Crippen LogP contribution in [0.3, 0.4) is 0 Å². The Labute approximate surface area is 163 Å². The summed E-state index contributed by atoms with van der Waals surface area (Å²) in [6.07, 6.45) is 0.492. The fourth-order valence-corrected chi connectivity index (χ4v) is 2.75. The summed E-state index contributed by atoms with van der Waals surface area (Å²) in [5.41, 5.74) is 1.65. The van der Waals surface area contributed by atoms with E-state index in [1.807, 2.05) is 12.1 Å². The van der Waals surface area contributed by atoms with Gasteiger partial charge < -0.3 is 30.1 Å². The molecule has 0 spiro atoms. The number of esters is 2. The zero-order valence-electron chi connectivity index (χ0n) is 15.8. The van der Waals surface area contributed by atoms with Gasteiger partial charge in [-0.3, -0.25) is 4.79 Å². The van der Waals surface area contributed by atoms with Gasteiger partial charge in [-0.25, -0.2) is 4.79 Å². The van der Waals surface area contributed by atoms with Gasteiger partial charge in [-0.15, -0.1) is 0 Å². The molecule has 8 nitrogen and oxygen atoms in total. The summed E-state index contributed by atoms with van der Waals surface area (Å²) in [4.78, 5) is 23.7. The highest BCUT2D eigenvalue weighted by Gasteiger charge is 2.39. The van der Waals surface area contributed by atoms with E-state index < -0.39 is 30.1 Å². The Morgan fingerprint density at radius 1 is 1.36 bits per heavy atom. The Hall–Kier alpha value is -2.84. The third kappa shape index (κ3) is 5.83. The van der Waals surface area contributed by atoms with Gasteiger partial charge >= 0.3 is 11.9 Å². The average molecular weight is 391 g/mol. The molecule has 8 heteroatoms. The van der Waals surface area contributed by atoms with Crippen LogP contribution in [0.4, 0.5) is 0 Å². The molecule has 0 aromatic heterocycles. The molecule has 28 heavy (non-hydrogen) atoms. The van der Waals surface area contributed by atoms with Crippen molar-refractivity contribution in [3.63, 3.8) is 0 Å². The van der Waals surface area contributed by atoms with E-state index in [2.05, 4.69) is 5.32 Å². The van der Waals surface area contributed by atoms with E-state index in [-0.39, 0.29) is 18.1 Å². The maximum Gasteiger partial charge on any atom is 0.374 e. The van der Waals surface area contributed by atoms with Gasteiger partial charge in [-0.1, -0.05) is 12.1 Å². The van der Waals surface area contributed by atoms with Crippen molar-refractivity contribution >= 4 is 11.9 Å². The van der Waals surface area contributed by atoms with Crippen LogP contribution in [0.25, 0.3) is 0 Å². The van der Waals surface area contributed by atoms with E-state index >= 15 is 0 Å². The predicted octanol–water partition coefficient (Wildman–Crippen LogP) is 0.770. The minimum absolute atomic E-state index is 0.105. The standard InChI is InChI=1S/C20H25NO7/c1-3-27-19(25)17-11-16(24)18(20(26)28-17)15(23)10-12(2)21-9-8-13-4-6-14(22)7-5-13/h4-7,10-11,15-16,18,21-24H,3,8-9H2,1-2H3. The van der Waals surface area contributed by atoms with E-state index in [4.69, 9.17) is 9.47 Å². The van der Waals surface area contributed by atoms with Crippen molar-refractivity contribution in [2.75, 3.05) is 13.2 Å². The largest absolute Gasteiger partial charge is 0.508 e. The zero-order valence-corrected chi connectivity index (χ0v) is 15.8. The van der Waals surface area contributed by atoms with Crippen molar-refractivity contribution in [3.8, 4) is 5.75 Å². The Bertz CT molecular complexity index is 754. The third-order valence-electron chi connectivity index (χ3n) is 4.19. The van der Waals surface area contributed by atoms with Crippen LogP contribution in [0.1, 0.15) is 19.4 Å². The molecule has 0 saturated heterocycles. The van der Waals surface area contributed by atoms with Crippen LogP contribution in [-0.2, 0) is 25.5 Å². The smallest absolute Gasteiger partial charge is 0.374 e. The van der Waals surface area contributed by atoms with Gasteiger partial charge in [0, 0.05) is 12.2 Å². The van der Waals surface area contributed by atoms with Crippen LogP contribution in [0.5, 0.6) is 5.75 Å². The Kier molecular flexibility index (Phi) is 7.60. The zero-order chi connectivity index (χ0) is 20.7. The van der Waals surface area contributed by atoms with Crippen LogP contribution in [0.15, 0.2) is 47.9 Å². The quantitative estimate of drug-likeness (QED) is 0.479. The monoisotopic (exact) mass is 391 g/mol. The van der Waals surface area contributed by atoms with Gasteiger partial charge in [-0.05, 0) is 50.1 Å². The second kappa shape index (κ2) is 9.91. The van der Waals surface area contributed by atoms with Crippen molar-refractivity contribution in [1.29, 1.82) is 0 Å². The Morgan fingerprint density at radius 2 is 2.04 bits per heavy atom. The molecule has 1 aliphatic heterocycles. The average Bonchev–Trinajstić information content (AvgIpc) is 2.63. The van der Waals surface area contributed by atoms with E-state index in [0.29, 0.717) is 18.7 Å². The van der Waals surface area contributed by atoms with Crippen molar-refractivity contribution in [1.82, 2.24) is 5.32 Å². The molecular formula is C20H25NO7. The fourth-order valence-electron chi connectivity index (χ4n) is 2.75. The van der Waals surface area contributed by atoms with Gasteiger partial charge in [0.05, 0.1) is 18.8 Å². The second-order valence-electron chi connectivity index (χ2n) is 6.37. The summed E-state index contributed by atoms with van der Waals surface area (Å²) in [6, 6.07) is 6.84. The normalized spacial score (nSPS) is 20.8. The lowest BCUT2D eigenvalue weighted by Crippen LogP contribution is -2.42. The first-order valence-electron chi connectivity index (χ1n) is 8.98. The van der Waals surface area contributed by atoms with E-state index in [0.717, 1.165) is 11.6 Å². The SMILES string of the molecule is CCOC(=O)C1=CC(O)C(C(O)C=C(C)NCCc2ccc(O)cc2)C(=O)O1. The van der Waals surface area contributed by atoms with Gasteiger partial charge in [0.15, 0.2) is 0 Å². The molecule has 3 atom stereocenters. The van der Waals surface area contributed by atoms with Crippen LogP contribution in [-0.4, -0.2) is 52.6 Å². The number of phenolic OH excluding ortho intramolecular Hbond substituents is 1. The van der Waals surface area contributed by atoms with E-state index in [1.54, 1.807) is 26.0 Å². The number of allylic oxidation sites excluding steroid dienone is 1. The number of rotatable bonds is 8. The number of phenols is 1. The maximum atomic E-state index is 12.1. The molecule has 1 aromatic carbocycles. The van der Waals surface area contributed by atoms with Crippen LogP contribution in [0.2, 0.25) is 0 Å². The third-order valence-corrected chi connectivity index (χ3v) is 4.19. The van der Waals surface area contributed by atoms with Crippen molar-refractivity contribution in [2.45, 2.75) is 32.5 Å². The molecule has 1 heterocycles. The first-order valence-corrected chi connectivity index (χ1v) is 8.98. The molecule has 152 valence electrons. The fraction of sp³-hybridized carbons (Fsp3) is 0.400. The first kappa shape index (κ1) is 21.5. The van der Waals surface area contributed by atoms with Crippen molar-refractivity contribution in [2.24, 2.45) is 5.92 Å². The van der Waals surface area contributed by atoms with Gasteiger partial charge in [0.25, 0.3) is 0 Å². The number of hydrogen-bond donors (Lipinski definition) is 4. The van der Waals surface area contributed by atoms with Crippen LogP contribution in [0, 0.1) is 5.92 Å². The topological polar surface area (TPSA) is 125 Å². The molecule has 1 aromatic rings. The lowest BCUT2D eigenvalue weighted by atomic mass is 9.93. The highest BCUT2D eigenvalue weighted by atomic mass is 16.6. The number of aromatic hydroxyl groups is 1. The second-order valence-corrected chi connectivity index (χ2v) is 6.37. The molecule has 0 bridgehead atoms. The van der Waals surface area contributed by atoms with Gasteiger partial charge in [0.2, 0.25) is 5.76 Å². The number of aliphatic hydroxyl groups excluding tert-OH is 2. The van der Waals surface area contributed by atoms with Crippen LogP contribution >= 0.6 is 0 Å². The Morgan fingerprint density at radius 3 is 2.64 bits per heavy atom. The Balaban J connectivity index is 1.92. The molecule has 1 aliphatic rings. The number of cyclic esters (lactones) is 1. The predicted molar refractivity (Wildman–Crippen MR) is 99.9 cm³/mol. The molecule has 0 amide bonds. The number of nitrogens with one attached hydrogen (secondary N) is 1. The minimum Gasteiger partial charge on any atom is -0.508 e. The summed E-state index contributed by atoms with van der Waals surface area (Å²) in [5.74, 6) is -3.17. The minimum atomic E-state index is -1.38. The lowest BCUT2D eigenvalue weighted by Gasteiger charge is -2.27. The number of hydrogen-bond acceptors (Lipinski definition) is 8. The van der Waals surface area contributed by atoms with Crippen molar-refractivity contribution < 1.29 is 34.4 Å². The van der Waals surface area contributed by atoms with Gasteiger partial charge in [-0.2, -0.15) is 0 Å². The molecule has 0 radical (unpaired) electrons. The number of carbonyl (C=O) groups is 2. The summed E-state index contributed by atoms with van der Waals surface area (Å²) < 4.78 is 9.62. The number of ether oxygens (including phenoxy) is 2. The summed E-state index contributed by atoms with van der Waals surface area (Å²) in [6.45, 7) is 4.01. The molecule has 2 rings (SSSR count). The highest BCUT2D eigenvalue weighted by Crippen LogP contribution is 2.23. The molecule has 4 N–H and O–H groups in total. The molecular weight excluding hydrogens is 366 g/mol. The van der Waals surface area contributed by atoms with E-state index in [9.17, 15) is 24.9 Å². The lowest BCUT2D eigenvalue weighted by molar-refractivity contribution is -0.161. The summed E-state index contributed by atoms with van der Waals surface area (Å²) >= 11 is 0. The number of benzene rings is 1. The van der Waals surface area contributed by atoms with Crippen LogP contribution < -0.4 is 5.32 Å². The summed E-state index contributed by atoms with van der Waals surface area (Å²) in [5, 5.41) is 32.8. The molecule has 3 unspecified atom stereocenters. The highest BCUT2D eigenvalue weighted by molar-refractivity contribution is 5.91. The summed E-state index contributed by atoms with van der Waals surface area (Å²) in [7, 11) is 0. The first-order chi connectivity index (χ1) is 13.3.